The van der Waals surface area contributed by atoms with Crippen molar-refractivity contribution in [3.63, 3.8) is 0 Å². The number of aromatic carboxylic acids is 1. The number of carbonyl (C=O) groups is 1. The molecule has 0 amide bonds. The number of fused-ring (bicyclic) bond motifs is 1. The molecule has 1 N–H and O–H groups in total. The van der Waals surface area contributed by atoms with E-state index in [0.29, 0.717) is 29.4 Å². The number of carboxylic acids is 1. The molecular weight excluding hydrogens is 533 g/mol. The van der Waals surface area contributed by atoms with Crippen LogP contribution in [0.4, 0.5) is 4.39 Å². The molecule has 11 heteroatoms. The number of nitriles is 1. The van der Waals surface area contributed by atoms with Crippen LogP contribution in [-0.2, 0) is 24.4 Å². The summed E-state index contributed by atoms with van der Waals surface area (Å²) in [6, 6.07) is 13.5. The molecule has 1 fully saturated rings. The number of hydrogen-bond donors (Lipinski definition) is 1. The second-order valence-corrected chi connectivity index (χ2v) is 10.8. The molecule has 0 radical (unpaired) electrons. The third kappa shape index (κ3) is 5.47. The van der Waals surface area contributed by atoms with Gasteiger partial charge in [-0.2, -0.15) is 5.26 Å². The Balaban J connectivity index is 1.12. The van der Waals surface area contributed by atoms with Gasteiger partial charge in [-0.1, -0.05) is 18.2 Å². The molecule has 9 nitrogen and oxygen atoms in total. The topological polar surface area (TPSA) is 114 Å². The minimum atomic E-state index is -0.936. The molecule has 5 heterocycles. The molecule has 0 spiro atoms. The van der Waals surface area contributed by atoms with E-state index in [4.69, 9.17) is 19.7 Å². The van der Waals surface area contributed by atoms with Gasteiger partial charge in [-0.15, -0.1) is 11.3 Å². The fourth-order valence-electron chi connectivity index (χ4n) is 4.87. The largest absolute Gasteiger partial charge is 0.477 e. The lowest BCUT2D eigenvalue weighted by molar-refractivity contribution is -0.0591. The van der Waals surface area contributed by atoms with E-state index in [1.165, 1.54) is 17.4 Å². The zero-order chi connectivity index (χ0) is 27.6. The smallest absolute Gasteiger partial charge is 0.346 e. The predicted molar refractivity (Wildman–Crippen MR) is 146 cm³/mol. The summed E-state index contributed by atoms with van der Waals surface area (Å²) in [4.78, 5) is 24.2. The summed E-state index contributed by atoms with van der Waals surface area (Å²) in [6.07, 6.45) is 4.07. The zero-order valence-corrected chi connectivity index (χ0v) is 22.4. The van der Waals surface area contributed by atoms with Crippen molar-refractivity contribution in [3.05, 3.63) is 81.9 Å². The number of hydrogen-bond acceptors (Lipinski definition) is 8. The lowest BCUT2D eigenvalue weighted by Gasteiger charge is -2.29. The predicted octanol–water partition coefficient (Wildman–Crippen LogP) is 4.86. The van der Waals surface area contributed by atoms with E-state index in [1.807, 2.05) is 18.2 Å². The van der Waals surface area contributed by atoms with Gasteiger partial charge in [-0.25, -0.2) is 19.2 Å². The molecular formula is C29H26FN5O4S. The number of thiophene rings is 1. The highest BCUT2D eigenvalue weighted by molar-refractivity contribution is 7.20. The SMILES string of the molecule is N#Cc1ccc(COc2cccc(C3=CCN(Cc4nc5sc(C(=O)O)cc5n4C[C@@H]4CCO4)CC3)n2)c(F)c1. The number of ether oxygens (including phenoxy) is 2. The maximum absolute atomic E-state index is 14.2. The highest BCUT2D eigenvalue weighted by Crippen LogP contribution is 2.30. The summed E-state index contributed by atoms with van der Waals surface area (Å²) < 4.78 is 27.7. The molecule has 1 saturated heterocycles. The number of benzene rings is 1. The van der Waals surface area contributed by atoms with Crippen LogP contribution >= 0.6 is 11.3 Å². The molecule has 0 saturated carbocycles. The lowest BCUT2D eigenvalue weighted by atomic mass is 10.0. The molecule has 40 heavy (non-hydrogen) atoms. The monoisotopic (exact) mass is 559 g/mol. The van der Waals surface area contributed by atoms with E-state index < -0.39 is 11.8 Å². The van der Waals surface area contributed by atoms with Crippen molar-refractivity contribution in [2.75, 3.05) is 19.7 Å². The molecule has 0 unspecified atom stereocenters. The van der Waals surface area contributed by atoms with Crippen LogP contribution in [0.5, 0.6) is 5.88 Å². The summed E-state index contributed by atoms with van der Waals surface area (Å²) in [6.45, 7) is 3.63. The van der Waals surface area contributed by atoms with Crippen LogP contribution < -0.4 is 4.74 Å². The molecule has 3 aromatic heterocycles. The third-order valence-corrected chi connectivity index (χ3v) is 8.19. The normalized spacial score (nSPS) is 17.3. The Hall–Kier alpha value is -4.11. The maximum atomic E-state index is 14.2. The van der Waals surface area contributed by atoms with E-state index in [9.17, 15) is 14.3 Å². The molecule has 6 rings (SSSR count). The first kappa shape index (κ1) is 26.1. The van der Waals surface area contributed by atoms with Crippen molar-refractivity contribution in [1.29, 1.82) is 5.26 Å². The van der Waals surface area contributed by atoms with Crippen LogP contribution in [0.2, 0.25) is 0 Å². The van der Waals surface area contributed by atoms with Gasteiger partial charge in [0.2, 0.25) is 5.88 Å². The Labute approximate surface area is 233 Å². The van der Waals surface area contributed by atoms with Gasteiger partial charge in [-0.3, -0.25) is 4.90 Å². The van der Waals surface area contributed by atoms with Crippen LogP contribution in [0, 0.1) is 17.1 Å². The van der Waals surface area contributed by atoms with E-state index in [1.54, 1.807) is 24.3 Å². The second kappa shape index (κ2) is 11.2. The maximum Gasteiger partial charge on any atom is 0.346 e. The van der Waals surface area contributed by atoms with E-state index in [0.717, 1.165) is 60.0 Å². The van der Waals surface area contributed by atoms with Gasteiger partial charge in [0.1, 0.15) is 28.0 Å². The summed E-state index contributed by atoms with van der Waals surface area (Å²) in [5.74, 6) is -0.0952. The standard InChI is InChI=1S/C29H26FN5O4S/c30-22-12-18(14-31)4-5-20(22)17-39-27-3-1-2-23(32-27)19-6-9-34(10-7-19)16-26-33-28-24(13-25(40-28)29(36)37)35(26)15-21-8-11-38-21/h1-6,12-13,21H,7-11,15-17H2,(H,36,37)/t21-/m0/s1. The van der Waals surface area contributed by atoms with Gasteiger partial charge in [0.15, 0.2) is 0 Å². The quantitative estimate of drug-likeness (QED) is 0.309. The highest BCUT2D eigenvalue weighted by atomic mass is 32.1. The molecule has 204 valence electrons. The molecule has 2 aliphatic heterocycles. The van der Waals surface area contributed by atoms with Crippen molar-refractivity contribution in [1.82, 2.24) is 19.4 Å². The molecule has 1 atom stereocenters. The Bertz CT molecular complexity index is 1650. The Morgan fingerprint density at radius 3 is 2.85 bits per heavy atom. The van der Waals surface area contributed by atoms with Crippen molar-refractivity contribution < 1.29 is 23.8 Å². The van der Waals surface area contributed by atoms with Gasteiger partial charge in [0.05, 0.1) is 42.0 Å². The van der Waals surface area contributed by atoms with Crippen LogP contribution in [0.1, 0.15) is 45.2 Å². The highest BCUT2D eigenvalue weighted by Gasteiger charge is 2.25. The Kier molecular flexibility index (Phi) is 7.30. The Morgan fingerprint density at radius 2 is 2.15 bits per heavy atom. The Morgan fingerprint density at radius 1 is 1.27 bits per heavy atom. The summed E-state index contributed by atoms with van der Waals surface area (Å²) >= 11 is 1.20. The van der Waals surface area contributed by atoms with Crippen LogP contribution in [0.15, 0.2) is 48.5 Å². The fraction of sp³-hybridized carbons (Fsp3) is 0.310. The van der Waals surface area contributed by atoms with E-state index >= 15 is 0 Å². The molecule has 4 aromatic rings. The van der Waals surface area contributed by atoms with Crippen LogP contribution in [-0.4, -0.2) is 56.3 Å². The third-order valence-electron chi connectivity index (χ3n) is 7.19. The molecule has 2 aliphatic rings. The van der Waals surface area contributed by atoms with Gasteiger partial charge in [0.25, 0.3) is 0 Å². The number of rotatable bonds is 9. The summed E-state index contributed by atoms with van der Waals surface area (Å²) in [5.41, 5.74) is 3.42. The number of aromatic nitrogens is 3. The number of imidazole rings is 1. The first-order valence-corrected chi connectivity index (χ1v) is 13.8. The number of carboxylic acid groups (broad SMARTS) is 1. The van der Waals surface area contributed by atoms with E-state index in [-0.39, 0.29) is 18.3 Å². The van der Waals surface area contributed by atoms with Crippen molar-refractivity contribution in [3.8, 4) is 11.9 Å². The van der Waals surface area contributed by atoms with Crippen LogP contribution in [0.3, 0.4) is 0 Å². The average molecular weight is 560 g/mol. The fourth-order valence-corrected chi connectivity index (χ4v) is 5.76. The first-order chi connectivity index (χ1) is 19.5. The van der Waals surface area contributed by atoms with Crippen molar-refractivity contribution in [2.24, 2.45) is 0 Å². The van der Waals surface area contributed by atoms with E-state index in [2.05, 4.69) is 20.5 Å². The molecule has 1 aromatic carbocycles. The van der Waals surface area contributed by atoms with Crippen molar-refractivity contribution >= 4 is 33.2 Å². The average Bonchev–Trinajstić information content (AvgIpc) is 3.49. The van der Waals surface area contributed by atoms with Gasteiger partial charge >= 0.3 is 5.97 Å². The summed E-state index contributed by atoms with van der Waals surface area (Å²) in [5, 5.41) is 18.3. The first-order valence-electron chi connectivity index (χ1n) is 13.0. The van der Waals surface area contributed by atoms with Crippen LogP contribution in [0.25, 0.3) is 15.9 Å². The van der Waals surface area contributed by atoms with Gasteiger partial charge < -0.3 is 19.1 Å². The minimum absolute atomic E-state index is 0.0186. The second-order valence-electron chi connectivity index (χ2n) is 9.81. The molecule has 0 aliphatic carbocycles. The molecule has 0 bridgehead atoms. The summed E-state index contributed by atoms with van der Waals surface area (Å²) in [7, 11) is 0. The lowest BCUT2D eigenvalue weighted by Crippen LogP contribution is -2.33. The zero-order valence-electron chi connectivity index (χ0n) is 21.5. The number of halogens is 1. The van der Waals surface area contributed by atoms with Gasteiger partial charge in [0, 0.05) is 31.3 Å². The number of pyridine rings is 1. The van der Waals surface area contributed by atoms with Gasteiger partial charge in [-0.05, 0) is 42.7 Å². The minimum Gasteiger partial charge on any atom is -0.477 e. The number of nitrogens with zero attached hydrogens (tertiary/aromatic N) is 5. The van der Waals surface area contributed by atoms with Crippen molar-refractivity contribution in [2.45, 2.75) is 38.6 Å².